The van der Waals surface area contributed by atoms with Crippen molar-refractivity contribution in [1.29, 1.82) is 0 Å². The Kier molecular flexibility index (Phi) is 5.19. The number of H-pyrrole nitrogens is 1. The topological polar surface area (TPSA) is 88.3 Å². The van der Waals surface area contributed by atoms with Crippen molar-refractivity contribution in [3.8, 4) is 0 Å². The second-order valence-electron chi connectivity index (χ2n) is 4.14. The number of nitrogens with one attached hydrogen (secondary N) is 2. The third kappa shape index (κ3) is 3.87. The van der Waals surface area contributed by atoms with E-state index in [-0.39, 0.29) is 15.6 Å². The van der Waals surface area contributed by atoms with Crippen LogP contribution in [0.2, 0.25) is 10.0 Å². The molecule has 1 heterocycles. The molecule has 0 unspecified atom stereocenters. The Bertz CT molecular complexity index is 773. The molecule has 2 aromatic rings. The van der Waals surface area contributed by atoms with Gasteiger partial charge in [0.25, 0.3) is 11.5 Å². The zero-order valence-electron chi connectivity index (χ0n) is 11.1. The summed E-state index contributed by atoms with van der Waals surface area (Å²) in [5, 5.41) is 2.92. The van der Waals surface area contributed by atoms with Crippen LogP contribution in [0.5, 0.6) is 0 Å². The van der Waals surface area contributed by atoms with Crippen LogP contribution < -0.4 is 10.9 Å². The van der Waals surface area contributed by atoms with Crippen LogP contribution in [0.1, 0.15) is 10.4 Å². The molecule has 1 amide bonds. The monoisotopic (exact) mass is 340 g/mol. The predicted molar refractivity (Wildman–Crippen MR) is 82.4 cm³/mol. The van der Waals surface area contributed by atoms with Crippen LogP contribution in [0.4, 0.5) is 5.69 Å². The summed E-state index contributed by atoms with van der Waals surface area (Å²) < 4.78 is 4.77. The molecular weight excluding hydrogens is 331 g/mol. The van der Waals surface area contributed by atoms with E-state index in [4.69, 9.17) is 27.9 Å². The average Bonchev–Trinajstić information content (AvgIpc) is 2.50. The van der Waals surface area contributed by atoms with Gasteiger partial charge in [-0.3, -0.25) is 9.59 Å². The number of carbonyl (C=O) groups excluding carboxylic acids is 2. The number of aromatic amines is 1. The maximum absolute atomic E-state index is 11.7. The Balaban J connectivity index is 1.96. The second kappa shape index (κ2) is 7.11. The first-order valence-electron chi connectivity index (χ1n) is 6.07. The van der Waals surface area contributed by atoms with Crippen molar-refractivity contribution in [1.82, 2.24) is 4.98 Å². The van der Waals surface area contributed by atoms with Crippen molar-refractivity contribution in [2.45, 2.75) is 0 Å². The molecule has 0 radical (unpaired) electrons. The van der Waals surface area contributed by atoms with Gasteiger partial charge < -0.3 is 15.0 Å². The Hall–Kier alpha value is -2.31. The maximum atomic E-state index is 11.7. The van der Waals surface area contributed by atoms with E-state index < -0.39 is 24.0 Å². The van der Waals surface area contributed by atoms with E-state index in [0.717, 1.165) is 0 Å². The van der Waals surface area contributed by atoms with E-state index >= 15 is 0 Å². The summed E-state index contributed by atoms with van der Waals surface area (Å²) in [4.78, 5) is 37.1. The van der Waals surface area contributed by atoms with Crippen LogP contribution in [0, 0.1) is 0 Å². The lowest BCUT2D eigenvalue weighted by atomic mass is 10.3. The van der Waals surface area contributed by atoms with E-state index in [0.29, 0.717) is 5.69 Å². The molecule has 114 valence electrons. The van der Waals surface area contributed by atoms with E-state index in [1.54, 1.807) is 18.2 Å². The standard InChI is InChI=1S/C14H10Cl2N2O4/c15-9-4-1-5-10(12(9)16)18-11(19)7-22-14(21)8-3-2-6-17-13(8)20/h1-6H,7H2,(H,17,20)(H,18,19). The van der Waals surface area contributed by atoms with Gasteiger partial charge in [0.1, 0.15) is 5.56 Å². The van der Waals surface area contributed by atoms with Gasteiger partial charge in [-0.15, -0.1) is 0 Å². The number of benzene rings is 1. The van der Waals surface area contributed by atoms with E-state index in [1.165, 1.54) is 18.3 Å². The Morgan fingerprint density at radius 3 is 2.68 bits per heavy atom. The number of aromatic nitrogens is 1. The highest BCUT2D eigenvalue weighted by molar-refractivity contribution is 6.44. The van der Waals surface area contributed by atoms with Crippen molar-refractivity contribution in [2.24, 2.45) is 0 Å². The highest BCUT2D eigenvalue weighted by Crippen LogP contribution is 2.29. The van der Waals surface area contributed by atoms with Crippen LogP contribution in [0.25, 0.3) is 0 Å². The molecule has 0 fully saturated rings. The predicted octanol–water partition coefficient (Wildman–Crippen LogP) is 2.48. The molecule has 1 aromatic heterocycles. The first-order chi connectivity index (χ1) is 10.5. The van der Waals surface area contributed by atoms with Gasteiger partial charge in [-0.25, -0.2) is 4.79 Å². The molecule has 0 aliphatic rings. The van der Waals surface area contributed by atoms with Gasteiger partial charge in [-0.2, -0.15) is 0 Å². The minimum absolute atomic E-state index is 0.184. The number of esters is 1. The van der Waals surface area contributed by atoms with Crippen molar-refractivity contribution in [3.63, 3.8) is 0 Å². The van der Waals surface area contributed by atoms with Gasteiger partial charge in [0.05, 0.1) is 15.7 Å². The van der Waals surface area contributed by atoms with Gasteiger partial charge >= 0.3 is 5.97 Å². The summed E-state index contributed by atoms with van der Waals surface area (Å²) >= 11 is 11.7. The fourth-order valence-electron chi connectivity index (χ4n) is 1.58. The zero-order valence-corrected chi connectivity index (χ0v) is 12.6. The Morgan fingerprint density at radius 2 is 1.95 bits per heavy atom. The number of carbonyl (C=O) groups is 2. The van der Waals surface area contributed by atoms with E-state index in [2.05, 4.69) is 10.3 Å². The molecular formula is C14H10Cl2N2O4. The SMILES string of the molecule is O=C(COC(=O)c1ccc[nH]c1=O)Nc1cccc(Cl)c1Cl. The van der Waals surface area contributed by atoms with Crippen LogP contribution >= 0.6 is 23.2 Å². The van der Waals surface area contributed by atoms with Crippen molar-refractivity contribution in [3.05, 3.63) is 62.5 Å². The average molecular weight is 341 g/mol. The van der Waals surface area contributed by atoms with Crippen LogP contribution in [0.3, 0.4) is 0 Å². The molecule has 1 aromatic carbocycles. The second-order valence-corrected chi connectivity index (χ2v) is 4.92. The highest BCUT2D eigenvalue weighted by atomic mass is 35.5. The minimum Gasteiger partial charge on any atom is -0.452 e. The molecule has 0 aliphatic carbocycles. The fraction of sp³-hybridized carbons (Fsp3) is 0.0714. The molecule has 2 N–H and O–H groups in total. The van der Waals surface area contributed by atoms with Gasteiger partial charge in [-0.1, -0.05) is 29.3 Å². The molecule has 2 rings (SSSR count). The van der Waals surface area contributed by atoms with Gasteiger partial charge in [0.15, 0.2) is 6.61 Å². The molecule has 0 spiro atoms. The number of anilines is 1. The third-order valence-corrected chi connectivity index (χ3v) is 3.42. The lowest BCUT2D eigenvalue weighted by Crippen LogP contribution is -2.24. The number of amides is 1. The smallest absolute Gasteiger partial charge is 0.344 e. The third-order valence-electron chi connectivity index (χ3n) is 2.60. The molecule has 0 saturated carbocycles. The number of halogens is 2. The normalized spacial score (nSPS) is 10.1. The van der Waals surface area contributed by atoms with Crippen molar-refractivity contribution < 1.29 is 14.3 Å². The van der Waals surface area contributed by atoms with E-state index in [1.807, 2.05) is 0 Å². The molecule has 0 saturated heterocycles. The molecule has 0 atom stereocenters. The van der Waals surface area contributed by atoms with Crippen LogP contribution in [-0.4, -0.2) is 23.5 Å². The first kappa shape index (κ1) is 16.1. The largest absolute Gasteiger partial charge is 0.452 e. The van der Waals surface area contributed by atoms with Crippen molar-refractivity contribution in [2.75, 3.05) is 11.9 Å². The van der Waals surface area contributed by atoms with E-state index in [9.17, 15) is 14.4 Å². The summed E-state index contributed by atoms with van der Waals surface area (Å²) in [6.07, 6.45) is 1.38. The lowest BCUT2D eigenvalue weighted by molar-refractivity contribution is -0.119. The van der Waals surface area contributed by atoms with Crippen molar-refractivity contribution >= 4 is 40.8 Å². The number of ether oxygens (including phenoxy) is 1. The number of rotatable bonds is 4. The molecule has 0 aliphatic heterocycles. The fourth-order valence-corrected chi connectivity index (χ4v) is 1.93. The summed E-state index contributed by atoms with van der Waals surface area (Å²) in [6.45, 7) is -0.560. The number of pyridine rings is 1. The molecule has 6 nitrogen and oxygen atoms in total. The van der Waals surface area contributed by atoms with Crippen LogP contribution in [-0.2, 0) is 9.53 Å². The zero-order chi connectivity index (χ0) is 16.1. The molecule has 22 heavy (non-hydrogen) atoms. The Labute approximate surface area is 135 Å². The highest BCUT2D eigenvalue weighted by Gasteiger charge is 2.14. The first-order valence-corrected chi connectivity index (χ1v) is 6.83. The van der Waals surface area contributed by atoms with Gasteiger partial charge in [0, 0.05) is 6.20 Å². The van der Waals surface area contributed by atoms with Gasteiger partial charge in [-0.05, 0) is 24.3 Å². The van der Waals surface area contributed by atoms with Crippen LogP contribution in [0.15, 0.2) is 41.3 Å². The molecule has 8 heteroatoms. The summed E-state index contributed by atoms with van der Waals surface area (Å²) in [5.74, 6) is -1.50. The summed E-state index contributed by atoms with van der Waals surface area (Å²) in [7, 11) is 0. The quantitative estimate of drug-likeness (QED) is 0.837. The Morgan fingerprint density at radius 1 is 1.18 bits per heavy atom. The summed E-state index contributed by atoms with van der Waals surface area (Å²) in [6, 6.07) is 7.51. The lowest BCUT2D eigenvalue weighted by Gasteiger charge is -2.08. The van der Waals surface area contributed by atoms with Gasteiger partial charge in [0.2, 0.25) is 0 Å². The number of hydrogen-bond acceptors (Lipinski definition) is 4. The molecule has 0 bridgehead atoms. The maximum Gasteiger partial charge on any atom is 0.344 e. The minimum atomic E-state index is -0.894. The number of hydrogen-bond donors (Lipinski definition) is 2. The summed E-state index contributed by atoms with van der Waals surface area (Å²) in [5.41, 5.74) is -0.477.